The zero-order valence-corrected chi connectivity index (χ0v) is 16.5. The third kappa shape index (κ3) is 2.78. The summed E-state index contributed by atoms with van der Waals surface area (Å²) in [4.78, 5) is 9.75. The van der Waals surface area contributed by atoms with Crippen molar-refractivity contribution in [2.45, 2.75) is 19.3 Å². The van der Waals surface area contributed by atoms with Crippen LogP contribution in [0, 0.1) is 0 Å². The molecule has 4 nitrogen and oxygen atoms in total. The van der Waals surface area contributed by atoms with Gasteiger partial charge in [-0.05, 0) is 44.1 Å². The summed E-state index contributed by atoms with van der Waals surface area (Å²) in [6.07, 6.45) is 3.98. The molecule has 0 atom stereocenters. The number of hydrogen-bond acceptors (Lipinski definition) is 2. The van der Waals surface area contributed by atoms with Gasteiger partial charge in [-0.15, -0.1) is 0 Å². The monoisotopic (exact) mass is 383 g/mol. The van der Waals surface area contributed by atoms with E-state index >= 15 is 0 Å². The number of fused-ring (bicyclic) bond motifs is 6. The van der Waals surface area contributed by atoms with Gasteiger partial charge in [-0.3, -0.25) is 4.90 Å². The summed E-state index contributed by atoms with van der Waals surface area (Å²) in [5, 5.41) is 4.95. The van der Waals surface area contributed by atoms with E-state index in [2.05, 4.69) is 69.5 Å². The van der Waals surface area contributed by atoms with Gasteiger partial charge in [0, 0.05) is 39.1 Å². The number of rotatable bonds is 4. The number of aromatic nitrogens is 2. The first-order chi connectivity index (χ1) is 14.4. The second kappa shape index (κ2) is 6.82. The van der Waals surface area contributed by atoms with Crippen LogP contribution >= 0.6 is 0 Å². The highest BCUT2D eigenvalue weighted by atomic mass is 16.5. The molecule has 0 aliphatic carbocycles. The predicted octanol–water partition coefficient (Wildman–Crippen LogP) is 5.82. The number of para-hydroxylation sites is 2. The number of benzene rings is 3. The Morgan fingerprint density at radius 3 is 1.93 bits per heavy atom. The maximum absolute atomic E-state index is 6.49. The molecule has 0 saturated carbocycles. The van der Waals surface area contributed by atoms with Crippen LogP contribution in [-0.4, -0.2) is 41.1 Å². The number of hydrogen-bond donors (Lipinski definition) is 2. The van der Waals surface area contributed by atoms with E-state index < -0.39 is 0 Å². The summed E-state index contributed by atoms with van der Waals surface area (Å²) < 4.78 is 6.49. The molecule has 3 heterocycles. The van der Waals surface area contributed by atoms with Gasteiger partial charge < -0.3 is 14.7 Å². The minimum absolute atomic E-state index is 0.707. The molecule has 0 bridgehead atoms. The van der Waals surface area contributed by atoms with Crippen LogP contribution < -0.4 is 4.74 Å². The fourth-order valence-corrected chi connectivity index (χ4v) is 4.86. The Morgan fingerprint density at radius 1 is 0.724 bits per heavy atom. The molecule has 2 aromatic heterocycles. The number of ether oxygens (including phenoxy) is 1. The van der Waals surface area contributed by atoms with Gasteiger partial charge in [0.05, 0.1) is 11.0 Å². The lowest BCUT2D eigenvalue weighted by Gasteiger charge is -2.26. The van der Waals surface area contributed by atoms with Crippen molar-refractivity contribution in [1.29, 1.82) is 0 Å². The Kier molecular flexibility index (Phi) is 3.98. The van der Waals surface area contributed by atoms with Crippen molar-refractivity contribution in [2.75, 3.05) is 26.2 Å². The lowest BCUT2D eigenvalue weighted by Crippen LogP contribution is -2.33. The molecule has 2 N–H and O–H groups in total. The molecule has 1 fully saturated rings. The smallest absolute Gasteiger partial charge is 0.167 e. The van der Waals surface area contributed by atoms with Crippen LogP contribution in [0.25, 0.3) is 43.6 Å². The van der Waals surface area contributed by atoms with Crippen LogP contribution in [0.3, 0.4) is 0 Å². The Balaban J connectivity index is 1.50. The molecule has 0 spiro atoms. The SMILES string of the molecule is c1ccc2c(c1)[nH]c1c(OCCN3CCCCC3)c3[nH]c4ccccc4c3cc12. The first-order valence-corrected chi connectivity index (χ1v) is 10.7. The van der Waals surface area contributed by atoms with Crippen molar-refractivity contribution in [3.8, 4) is 5.75 Å². The molecule has 6 rings (SSSR count). The first kappa shape index (κ1) is 16.9. The third-order valence-electron chi connectivity index (χ3n) is 6.34. The van der Waals surface area contributed by atoms with Crippen LogP contribution in [0.1, 0.15) is 19.3 Å². The molecule has 0 unspecified atom stereocenters. The second-order valence-corrected chi connectivity index (χ2v) is 8.14. The van der Waals surface area contributed by atoms with E-state index in [4.69, 9.17) is 4.74 Å². The predicted molar refractivity (Wildman–Crippen MR) is 121 cm³/mol. The first-order valence-electron chi connectivity index (χ1n) is 10.7. The van der Waals surface area contributed by atoms with Crippen molar-refractivity contribution in [2.24, 2.45) is 0 Å². The van der Waals surface area contributed by atoms with Crippen molar-refractivity contribution in [3.63, 3.8) is 0 Å². The van der Waals surface area contributed by atoms with Gasteiger partial charge in [0.15, 0.2) is 5.75 Å². The molecule has 1 aliphatic heterocycles. The molecular formula is C25H25N3O. The summed E-state index contributed by atoms with van der Waals surface area (Å²) in [7, 11) is 0. The normalized spacial score (nSPS) is 15.7. The van der Waals surface area contributed by atoms with Crippen LogP contribution in [0.15, 0.2) is 54.6 Å². The number of piperidine rings is 1. The lowest BCUT2D eigenvalue weighted by molar-refractivity contribution is 0.185. The minimum atomic E-state index is 0.707. The summed E-state index contributed by atoms with van der Waals surface area (Å²) in [6, 6.07) is 19.3. The van der Waals surface area contributed by atoms with Gasteiger partial charge in [0.25, 0.3) is 0 Å². The highest BCUT2D eigenvalue weighted by Gasteiger charge is 2.18. The van der Waals surface area contributed by atoms with E-state index in [-0.39, 0.29) is 0 Å². The molecule has 3 aromatic carbocycles. The van der Waals surface area contributed by atoms with Crippen molar-refractivity contribution >= 4 is 43.6 Å². The average Bonchev–Trinajstić information content (AvgIpc) is 3.33. The molecule has 0 radical (unpaired) electrons. The maximum atomic E-state index is 6.49. The Bertz CT molecular complexity index is 1240. The molecule has 29 heavy (non-hydrogen) atoms. The van der Waals surface area contributed by atoms with Crippen molar-refractivity contribution in [3.05, 3.63) is 54.6 Å². The fourth-order valence-electron chi connectivity index (χ4n) is 4.86. The van der Waals surface area contributed by atoms with E-state index in [0.717, 1.165) is 34.4 Å². The summed E-state index contributed by atoms with van der Waals surface area (Å²) in [5.74, 6) is 0.946. The van der Waals surface area contributed by atoms with E-state index in [1.54, 1.807) is 0 Å². The standard InChI is InChI=1S/C25H25N3O/c1-6-12-28(13-7-1)14-15-29-25-23-19(17-8-2-4-10-21(17)26-23)16-20-18-9-3-5-11-22(18)27-24(20)25/h2-5,8-11,16,26-27H,1,6-7,12-15H2. The number of likely N-dealkylation sites (tertiary alicyclic amines) is 1. The Morgan fingerprint density at radius 2 is 1.31 bits per heavy atom. The number of nitrogens with zero attached hydrogens (tertiary/aromatic N) is 1. The number of H-pyrrole nitrogens is 2. The van der Waals surface area contributed by atoms with Crippen molar-refractivity contribution < 1.29 is 4.74 Å². The zero-order chi connectivity index (χ0) is 19.2. The van der Waals surface area contributed by atoms with Crippen LogP contribution in [0.4, 0.5) is 0 Å². The van der Waals surface area contributed by atoms with Crippen LogP contribution in [-0.2, 0) is 0 Å². The van der Waals surface area contributed by atoms with E-state index in [0.29, 0.717) is 6.61 Å². The van der Waals surface area contributed by atoms with Crippen molar-refractivity contribution in [1.82, 2.24) is 14.9 Å². The van der Waals surface area contributed by atoms with Gasteiger partial charge in [-0.1, -0.05) is 42.8 Å². The molecular weight excluding hydrogens is 358 g/mol. The van der Waals surface area contributed by atoms with E-state index in [1.807, 2.05) is 0 Å². The maximum Gasteiger partial charge on any atom is 0.167 e. The zero-order valence-electron chi connectivity index (χ0n) is 16.5. The lowest BCUT2D eigenvalue weighted by atomic mass is 10.1. The van der Waals surface area contributed by atoms with Gasteiger partial charge in [-0.2, -0.15) is 0 Å². The van der Waals surface area contributed by atoms with Gasteiger partial charge in [-0.25, -0.2) is 0 Å². The second-order valence-electron chi connectivity index (χ2n) is 8.14. The number of nitrogens with one attached hydrogen (secondary N) is 2. The Labute approximate surface area is 169 Å². The highest BCUT2D eigenvalue weighted by molar-refractivity contribution is 6.20. The Hall–Kier alpha value is -2.98. The summed E-state index contributed by atoms with van der Waals surface area (Å²) >= 11 is 0. The molecule has 146 valence electrons. The summed E-state index contributed by atoms with van der Waals surface area (Å²) in [5.41, 5.74) is 4.48. The van der Waals surface area contributed by atoms with Gasteiger partial charge in [0.1, 0.15) is 6.61 Å². The minimum Gasteiger partial charge on any atom is -0.488 e. The van der Waals surface area contributed by atoms with E-state index in [9.17, 15) is 0 Å². The van der Waals surface area contributed by atoms with E-state index in [1.165, 1.54) is 53.9 Å². The molecule has 5 aromatic rings. The van der Waals surface area contributed by atoms with Gasteiger partial charge >= 0.3 is 0 Å². The summed E-state index contributed by atoms with van der Waals surface area (Å²) in [6.45, 7) is 4.08. The molecule has 1 saturated heterocycles. The molecule has 0 amide bonds. The highest BCUT2D eigenvalue weighted by Crippen LogP contribution is 2.40. The quantitative estimate of drug-likeness (QED) is 0.411. The van der Waals surface area contributed by atoms with Crippen LogP contribution in [0.2, 0.25) is 0 Å². The number of aromatic amines is 2. The van der Waals surface area contributed by atoms with Gasteiger partial charge in [0.2, 0.25) is 0 Å². The fraction of sp³-hybridized carbons (Fsp3) is 0.280. The molecule has 4 heteroatoms. The molecule has 1 aliphatic rings. The average molecular weight is 383 g/mol. The topological polar surface area (TPSA) is 44.0 Å². The van der Waals surface area contributed by atoms with Crippen LogP contribution in [0.5, 0.6) is 5.75 Å². The largest absolute Gasteiger partial charge is 0.488 e. The third-order valence-corrected chi connectivity index (χ3v) is 6.34.